The summed E-state index contributed by atoms with van der Waals surface area (Å²) in [6.45, 7) is 2.33. The quantitative estimate of drug-likeness (QED) is 0.258. The molecule has 0 fully saturated rings. The van der Waals surface area contributed by atoms with E-state index in [1.54, 1.807) is 5.31 Å². The first kappa shape index (κ1) is 22.0. The molecule has 0 N–H and O–H groups in total. The van der Waals surface area contributed by atoms with E-state index in [-0.39, 0.29) is 0 Å². The molecule has 5 rings (SSSR count). The first-order valence-electron chi connectivity index (χ1n) is 11.6. The van der Waals surface area contributed by atoms with Gasteiger partial charge in [0.25, 0.3) is 0 Å². The van der Waals surface area contributed by atoms with Crippen LogP contribution in [0, 0.1) is 5.92 Å². The second-order valence-corrected chi connectivity index (χ2v) is 12.5. The Kier molecular flexibility index (Phi) is 6.97. The Morgan fingerprint density at radius 2 is 0.879 bits per heavy atom. The van der Waals surface area contributed by atoms with Crippen LogP contribution in [-0.2, 0) is 0 Å². The van der Waals surface area contributed by atoms with Crippen LogP contribution in [0.5, 0.6) is 0 Å². The largest absolute Gasteiger partial charge is 0.0763 e. The summed E-state index contributed by atoms with van der Waals surface area (Å²) in [6.07, 6.45) is 6.05. The molecule has 0 aromatic heterocycles. The van der Waals surface area contributed by atoms with Gasteiger partial charge in [0, 0.05) is 5.92 Å². The van der Waals surface area contributed by atoms with Gasteiger partial charge in [0.1, 0.15) is 0 Å². The molecule has 1 aliphatic carbocycles. The van der Waals surface area contributed by atoms with Crippen molar-refractivity contribution in [2.24, 2.45) is 5.92 Å². The molecule has 1 unspecified atom stereocenters. The van der Waals surface area contributed by atoms with Crippen molar-refractivity contribution >= 4 is 37.1 Å². The zero-order chi connectivity index (χ0) is 22.5. The zero-order valence-corrected chi connectivity index (χ0v) is 20.7. The minimum Gasteiger partial charge on any atom is -0.0763 e. The molecule has 1 aliphatic rings. The van der Waals surface area contributed by atoms with Crippen LogP contribution in [0.4, 0.5) is 0 Å². The number of benzene rings is 4. The first-order chi connectivity index (χ1) is 16.4. The van der Waals surface area contributed by atoms with Gasteiger partial charge in [-0.15, -0.1) is 0 Å². The molecule has 0 aliphatic heterocycles. The van der Waals surface area contributed by atoms with Gasteiger partial charge >= 0.3 is 0 Å². The van der Waals surface area contributed by atoms with Crippen molar-refractivity contribution in [1.82, 2.24) is 0 Å². The molecule has 4 aromatic carbocycles. The van der Waals surface area contributed by atoms with E-state index in [9.17, 15) is 0 Å². The molecule has 0 nitrogen and oxygen atoms in total. The van der Waals surface area contributed by atoms with Gasteiger partial charge in [-0.1, -0.05) is 140 Å². The highest BCUT2D eigenvalue weighted by molar-refractivity contribution is 7.80. The molecule has 0 amide bonds. The average molecular weight is 463 g/mol. The van der Waals surface area contributed by atoms with Gasteiger partial charge in [0.15, 0.2) is 0 Å². The molecule has 1 atom stereocenters. The first-order valence-corrected chi connectivity index (χ1v) is 14.3. The number of hydrogen-bond acceptors (Lipinski definition) is 0. The Bertz CT molecular complexity index is 1150. The standard InChI is InChI=1S/C31H28P2/c1-2-25-23-24-30(32(26-15-7-3-8-16-26)27-17-9-4-10-18-27)31(25)33(28-19-11-5-12-20-28)29-21-13-6-14-22-29/h3-25H,2H2,1H3. The van der Waals surface area contributed by atoms with Crippen LogP contribution in [0.1, 0.15) is 13.3 Å². The van der Waals surface area contributed by atoms with Crippen molar-refractivity contribution in [2.45, 2.75) is 13.3 Å². The zero-order valence-electron chi connectivity index (χ0n) is 18.9. The maximum atomic E-state index is 2.47. The molecule has 162 valence electrons. The van der Waals surface area contributed by atoms with E-state index in [0.29, 0.717) is 5.92 Å². The lowest BCUT2D eigenvalue weighted by molar-refractivity contribution is 0.771. The summed E-state index contributed by atoms with van der Waals surface area (Å²) in [4.78, 5) is 0. The van der Waals surface area contributed by atoms with Crippen molar-refractivity contribution < 1.29 is 0 Å². The lowest BCUT2D eigenvalue weighted by Gasteiger charge is -2.29. The highest BCUT2D eigenvalue weighted by Gasteiger charge is 2.33. The summed E-state index contributed by atoms with van der Waals surface area (Å²) in [6, 6.07) is 44.5. The number of allylic oxidation sites excluding steroid dienone is 4. The molecule has 0 heterocycles. The Morgan fingerprint density at radius 3 is 1.24 bits per heavy atom. The third-order valence-electron chi connectivity index (χ3n) is 6.08. The third-order valence-corrected chi connectivity index (χ3v) is 11.4. The number of hydrogen-bond donors (Lipinski definition) is 0. The molecule has 33 heavy (non-hydrogen) atoms. The van der Waals surface area contributed by atoms with E-state index >= 15 is 0 Å². The fourth-order valence-electron chi connectivity index (χ4n) is 4.54. The summed E-state index contributed by atoms with van der Waals surface area (Å²) in [5, 5.41) is 8.87. The van der Waals surface area contributed by atoms with Gasteiger partial charge in [0.2, 0.25) is 0 Å². The van der Waals surface area contributed by atoms with Gasteiger partial charge in [0.05, 0.1) is 0 Å². The van der Waals surface area contributed by atoms with Crippen molar-refractivity contribution in [3.05, 3.63) is 144 Å². The topological polar surface area (TPSA) is 0 Å². The lowest BCUT2D eigenvalue weighted by atomic mass is 10.1. The third kappa shape index (κ3) is 4.65. The van der Waals surface area contributed by atoms with Crippen LogP contribution >= 0.6 is 15.8 Å². The SMILES string of the molecule is CCC1C=CC(P(c2ccccc2)c2ccccc2)=C1P(c1ccccc1)c1ccccc1. The van der Waals surface area contributed by atoms with Crippen LogP contribution in [0.15, 0.2) is 144 Å². The van der Waals surface area contributed by atoms with Gasteiger partial charge in [-0.25, -0.2) is 0 Å². The molecular weight excluding hydrogens is 434 g/mol. The van der Waals surface area contributed by atoms with Crippen molar-refractivity contribution in [1.29, 1.82) is 0 Å². The normalized spacial score (nSPS) is 15.5. The van der Waals surface area contributed by atoms with E-state index in [2.05, 4.69) is 140 Å². The number of rotatable bonds is 7. The maximum absolute atomic E-state index is 2.47. The smallest absolute Gasteiger partial charge is 0.00360 e. The Morgan fingerprint density at radius 1 is 0.515 bits per heavy atom. The van der Waals surface area contributed by atoms with E-state index < -0.39 is 15.8 Å². The van der Waals surface area contributed by atoms with Gasteiger partial charge in [-0.2, -0.15) is 0 Å². The summed E-state index contributed by atoms with van der Waals surface area (Å²) >= 11 is 0. The molecule has 0 radical (unpaired) electrons. The highest BCUT2D eigenvalue weighted by atomic mass is 31.1. The summed E-state index contributed by atoms with van der Waals surface area (Å²) in [7, 11) is -1.24. The van der Waals surface area contributed by atoms with Gasteiger partial charge in [-0.3, -0.25) is 0 Å². The summed E-state index contributed by atoms with van der Waals surface area (Å²) in [5.41, 5.74) is 0. The summed E-state index contributed by atoms with van der Waals surface area (Å²) < 4.78 is 0. The predicted octanol–water partition coefficient (Wildman–Crippen LogP) is 7.06. The van der Waals surface area contributed by atoms with Crippen LogP contribution in [-0.4, -0.2) is 0 Å². The molecule has 0 saturated carbocycles. The predicted molar refractivity (Wildman–Crippen MR) is 148 cm³/mol. The minimum absolute atomic E-state index is 0.476. The van der Waals surface area contributed by atoms with Crippen molar-refractivity contribution in [3.63, 3.8) is 0 Å². The lowest BCUT2D eigenvalue weighted by Crippen LogP contribution is -2.18. The highest BCUT2D eigenvalue weighted by Crippen LogP contribution is 2.59. The van der Waals surface area contributed by atoms with Crippen LogP contribution in [0.2, 0.25) is 0 Å². The van der Waals surface area contributed by atoms with Crippen LogP contribution < -0.4 is 21.2 Å². The van der Waals surface area contributed by atoms with E-state index in [0.717, 1.165) is 6.42 Å². The second kappa shape index (κ2) is 10.4. The Balaban J connectivity index is 1.76. The Labute approximate surface area is 200 Å². The van der Waals surface area contributed by atoms with Gasteiger partial charge < -0.3 is 0 Å². The van der Waals surface area contributed by atoms with E-state index in [1.807, 2.05) is 0 Å². The fourth-order valence-corrected chi connectivity index (χ4v) is 10.3. The molecule has 2 heteroatoms. The molecule has 0 spiro atoms. The second-order valence-electron chi connectivity index (χ2n) is 8.16. The van der Waals surface area contributed by atoms with Crippen LogP contribution in [0.3, 0.4) is 0 Å². The molecule has 0 bridgehead atoms. The average Bonchev–Trinajstić information content (AvgIpc) is 3.30. The maximum Gasteiger partial charge on any atom is 0.00360 e. The van der Waals surface area contributed by atoms with Crippen LogP contribution in [0.25, 0.3) is 0 Å². The van der Waals surface area contributed by atoms with Crippen molar-refractivity contribution in [2.75, 3.05) is 0 Å². The molecular formula is C31H28P2. The van der Waals surface area contributed by atoms with E-state index in [4.69, 9.17) is 0 Å². The van der Waals surface area contributed by atoms with Gasteiger partial charge in [-0.05, 0) is 54.1 Å². The Hall–Kier alpha value is -2.78. The fraction of sp³-hybridized carbons (Fsp3) is 0.0968. The van der Waals surface area contributed by atoms with Crippen molar-refractivity contribution in [3.8, 4) is 0 Å². The molecule has 0 saturated heterocycles. The van der Waals surface area contributed by atoms with E-state index in [1.165, 1.54) is 26.5 Å². The summed E-state index contributed by atoms with van der Waals surface area (Å²) in [5.74, 6) is 0.476. The minimum atomic E-state index is -0.628. The monoisotopic (exact) mass is 462 g/mol. The molecule has 4 aromatic rings.